The zero-order valence-electron chi connectivity index (χ0n) is 22.2. The van der Waals surface area contributed by atoms with Crippen molar-refractivity contribution in [2.75, 3.05) is 39.3 Å². The molecule has 1 aromatic heterocycles. The lowest BCUT2D eigenvalue weighted by Crippen LogP contribution is -2.48. The molecule has 1 saturated heterocycles. The molecule has 0 N–H and O–H groups in total. The van der Waals surface area contributed by atoms with Gasteiger partial charge >= 0.3 is 0 Å². The minimum Gasteiger partial charge on any atom is -0.481 e. The van der Waals surface area contributed by atoms with Crippen molar-refractivity contribution < 1.29 is 21.9 Å². The molecule has 0 atom stereocenters. The minimum absolute atomic E-state index is 0.0648. The first-order chi connectivity index (χ1) is 19.8. The topological polar surface area (TPSA) is 80.6 Å². The highest BCUT2D eigenvalue weighted by Crippen LogP contribution is 2.30. The van der Waals surface area contributed by atoms with Crippen molar-refractivity contribution >= 4 is 10.0 Å². The van der Waals surface area contributed by atoms with Crippen LogP contribution in [0.25, 0.3) is 0 Å². The van der Waals surface area contributed by atoms with E-state index in [9.17, 15) is 17.2 Å². The number of hydrogen-bond acceptors (Lipinski definition) is 7. The molecule has 0 amide bonds. The molecule has 8 nitrogen and oxygen atoms in total. The maximum Gasteiger partial charge on any atom is 0.284 e. The summed E-state index contributed by atoms with van der Waals surface area (Å²) >= 11 is 0. The van der Waals surface area contributed by atoms with Gasteiger partial charge in [0, 0.05) is 39.1 Å². The van der Waals surface area contributed by atoms with Gasteiger partial charge in [0.05, 0.1) is 22.8 Å². The van der Waals surface area contributed by atoms with Crippen LogP contribution in [0.2, 0.25) is 0 Å². The van der Waals surface area contributed by atoms with Gasteiger partial charge in [0.25, 0.3) is 10.0 Å². The van der Waals surface area contributed by atoms with Crippen molar-refractivity contribution in [2.24, 2.45) is 0 Å². The third-order valence-corrected chi connectivity index (χ3v) is 8.58. The smallest absolute Gasteiger partial charge is 0.284 e. The highest BCUT2D eigenvalue weighted by Gasteiger charge is 2.27. The Bertz CT molecular complexity index is 1550. The molecule has 2 heterocycles. The third kappa shape index (κ3) is 6.79. The Kier molecular flexibility index (Phi) is 8.73. The van der Waals surface area contributed by atoms with Crippen LogP contribution in [0.3, 0.4) is 0 Å². The van der Waals surface area contributed by atoms with Crippen LogP contribution in [0, 0.1) is 24.0 Å². The highest BCUT2D eigenvalue weighted by atomic mass is 32.2. The molecule has 5 rings (SSSR count). The van der Waals surface area contributed by atoms with Crippen molar-refractivity contribution in [3.63, 3.8) is 0 Å². The molecule has 0 spiro atoms. The van der Waals surface area contributed by atoms with Gasteiger partial charge in [-0.3, -0.25) is 4.90 Å². The van der Waals surface area contributed by atoms with Crippen molar-refractivity contribution in [2.45, 2.75) is 17.4 Å². The van der Waals surface area contributed by atoms with E-state index in [-0.39, 0.29) is 29.2 Å². The van der Waals surface area contributed by atoms with Gasteiger partial charge in [0.2, 0.25) is 0 Å². The van der Waals surface area contributed by atoms with Crippen LogP contribution in [0.4, 0.5) is 8.78 Å². The third-order valence-electron chi connectivity index (χ3n) is 7.04. The van der Waals surface area contributed by atoms with Crippen molar-refractivity contribution in [1.82, 2.24) is 24.2 Å². The number of hydrogen-bond donors (Lipinski definition) is 0. The normalized spacial score (nSPS) is 14.7. The molecule has 0 saturated carbocycles. The van der Waals surface area contributed by atoms with Crippen molar-refractivity contribution in [3.05, 3.63) is 107 Å². The van der Waals surface area contributed by atoms with Gasteiger partial charge in [0.1, 0.15) is 24.0 Å². The van der Waals surface area contributed by atoms with Crippen LogP contribution in [-0.4, -0.2) is 71.9 Å². The van der Waals surface area contributed by atoms with Crippen molar-refractivity contribution in [1.29, 1.82) is 0 Å². The molecular weight excluding hydrogens is 548 g/mol. The SMILES string of the molecule is C#CCOc1ccc(S(=O)(=O)n2cc(CCN3CCN(C(c4ccc(F)cc4)c4ccc(F)cc4)CC3)nn2)cc1. The lowest BCUT2D eigenvalue weighted by atomic mass is 9.96. The van der Waals surface area contributed by atoms with Crippen LogP contribution < -0.4 is 4.74 Å². The molecular formula is C30H29F2N5O3S. The Morgan fingerprint density at radius 3 is 2.02 bits per heavy atom. The predicted octanol–water partition coefficient (Wildman–Crippen LogP) is 3.76. The number of aromatic nitrogens is 3. The Morgan fingerprint density at radius 1 is 0.878 bits per heavy atom. The lowest BCUT2D eigenvalue weighted by Gasteiger charge is -2.39. The fourth-order valence-corrected chi connectivity index (χ4v) is 5.96. The van der Waals surface area contributed by atoms with Gasteiger partial charge in [0.15, 0.2) is 0 Å². The van der Waals surface area contributed by atoms with Gasteiger partial charge in [-0.25, -0.2) is 8.78 Å². The maximum absolute atomic E-state index is 13.6. The molecule has 4 aromatic rings. The summed E-state index contributed by atoms with van der Waals surface area (Å²) in [6.45, 7) is 3.84. The molecule has 0 bridgehead atoms. The van der Waals surface area contributed by atoms with Crippen LogP contribution in [0.1, 0.15) is 22.9 Å². The number of benzene rings is 3. The van der Waals surface area contributed by atoms with Gasteiger partial charge in [-0.15, -0.1) is 15.6 Å². The molecule has 212 valence electrons. The van der Waals surface area contributed by atoms with E-state index in [2.05, 4.69) is 26.0 Å². The molecule has 0 unspecified atom stereocenters. The molecule has 1 aliphatic heterocycles. The molecule has 1 fully saturated rings. The fraction of sp³-hybridized carbons (Fsp3) is 0.267. The lowest BCUT2D eigenvalue weighted by molar-refractivity contribution is 0.110. The van der Waals surface area contributed by atoms with E-state index in [4.69, 9.17) is 11.2 Å². The van der Waals surface area contributed by atoms with E-state index >= 15 is 0 Å². The summed E-state index contributed by atoms with van der Waals surface area (Å²) in [5.74, 6) is 2.23. The quantitative estimate of drug-likeness (QED) is 0.266. The van der Waals surface area contributed by atoms with E-state index in [0.29, 0.717) is 24.4 Å². The second-order valence-electron chi connectivity index (χ2n) is 9.68. The maximum atomic E-state index is 13.6. The van der Waals surface area contributed by atoms with Crippen LogP contribution in [-0.2, 0) is 16.4 Å². The fourth-order valence-electron chi connectivity index (χ4n) is 4.88. The molecule has 11 heteroatoms. The Morgan fingerprint density at radius 2 is 1.46 bits per heavy atom. The zero-order valence-corrected chi connectivity index (χ0v) is 23.1. The molecule has 3 aromatic carbocycles. The number of piperazine rings is 1. The average molecular weight is 578 g/mol. The highest BCUT2D eigenvalue weighted by molar-refractivity contribution is 7.89. The average Bonchev–Trinajstić information content (AvgIpc) is 3.48. The Labute approximate surface area is 238 Å². The summed E-state index contributed by atoms with van der Waals surface area (Å²) in [4.78, 5) is 4.66. The Hall–Kier alpha value is -4.11. The molecule has 41 heavy (non-hydrogen) atoms. The number of terminal acetylenes is 1. The second kappa shape index (κ2) is 12.6. The van der Waals surface area contributed by atoms with Crippen LogP contribution in [0.5, 0.6) is 5.75 Å². The number of nitrogens with zero attached hydrogens (tertiary/aromatic N) is 5. The summed E-state index contributed by atoms with van der Waals surface area (Å²) in [5.41, 5.74) is 2.46. The molecule has 0 radical (unpaired) electrons. The van der Waals surface area contributed by atoms with Gasteiger partial charge in [-0.05, 0) is 59.7 Å². The standard InChI is InChI=1S/C30H29F2N5O3S/c1-2-21-40-28-11-13-29(14-12-28)41(38,39)37-22-27(33-34-37)15-16-35-17-19-36(20-18-35)30(23-3-7-25(31)8-4-23)24-5-9-26(32)10-6-24/h1,3-14,22,30H,15-21H2. The Balaban J connectivity index is 1.19. The molecule has 0 aliphatic carbocycles. The van der Waals surface area contributed by atoms with Gasteiger partial charge in [-0.2, -0.15) is 8.42 Å². The van der Waals surface area contributed by atoms with E-state index < -0.39 is 10.0 Å². The van der Waals surface area contributed by atoms with Gasteiger partial charge < -0.3 is 9.64 Å². The summed E-state index contributed by atoms with van der Waals surface area (Å²) in [6, 6.07) is 18.7. The minimum atomic E-state index is -3.89. The number of rotatable bonds is 10. The van der Waals surface area contributed by atoms with Gasteiger partial charge in [-0.1, -0.05) is 35.4 Å². The first kappa shape index (κ1) is 28.4. The van der Waals surface area contributed by atoms with Crippen LogP contribution in [0.15, 0.2) is 83.9 Å². The van der Waals surface area contributed by atoms with E-state index in [1.54, 1.807) is 36.4 Å². The molecule has 1 aliphatic rings. The monoisotopic (exact) mass is 577 g/mol. The number of halogens is 2. The van der Waals surface area contributed by atoms with E-state index in [1.807, 2.05) is 0 Å². The first-order valence-corrected chi connectivity index (χ1v) is 14.6. The van der Waals surface area contributed by atoms with Crippen molar-refractivity contribution in [3.8, 4) is 18.1 Å². The van der Waals surface area contributed by atoms with E-state index in [0.717, 1.165) is 41.4 Å². The second-order valence-corrected chi connectivity index (χ2v) is 11.5. The summed E-state index contributed by atoms with van der Waals surface area (Å²) < 4.78 is 59.3. The largest absolute Gasteiger partial charge is 0.481 e. The number of ether oxygens (including phenoxy) is 1. The summed E-state index contributed by atoms with van der Waals surface area (Å²) in [6.07, 6.45) is 7.15. The summed E-state index contributed by atoms with van der Waals surface area (Å²) in [7, 11) is -3.89. The van der Waals surface area contributed by atoms with Crippen LogP contribution >= 0.6 is 0 Å². The van der Waals surface area contributed by atoms with E-state index in [1.165, 1.54) is 42.6 Å². The zero-order chi connectivity index (χ0) is 28.8. The predicted molar refractivity (Wildman–Crippen MR) is 150 cm³/mol. The first-order valence-electron chi connectivity index (χ1n) is 13.1. The summed E-state index contributed by atoms with van der Waals surface area (Å²) in [5, 5.41) is 7.93.